The molecule has 0 unspecified atom stereocenters. The third kappa shape index (κ3) is 0.949. The SMILES string of the molecule is O=C1c2ccc3c4c(ccc(c24)C(=O)N1O)CC3. The molecule has 0 aromatic heterocycles. The maximum atomic E-state index is 11.9. The molecular formula is C14H9NO3. The van der Waals surface area contributed by atoms with Crippen molar-refractivity contribution in [2.24, 2.45) is 0 Å². The van der Waals surface area contributed by atoms with Gasteiger partial charge in [-0.3, -0.25) is 14.8 Å². The van der Waals surface area contributed by atoms with Gasteiger partial charge in [-0.25, -0.2) is 0 Å². The van der Waals surface area contributed by atoms with Crippen LogP contribution in [-0.2, 0) is 12.8 Å². The Kier molecular flexibility index (Phi) is 1.62. The van der Waals surface area contributed by atoms with Crippen LogP contribution in [-0.4, -0.2) is 22.1 Å². The van der Waals surface area contributed by atoms with Crippen molar-refractivity contribution < 1.29 is 14.8 Å². The standard InChI is InChI=1S/C14H9NO3/c16-13-9-5-3-7-1-2-8-4-6-10(12(9)11(7)8)14(17)15(13)18/h3-6,18H,1-2H2. The quantitative estimate of drug-likeness (QED) is 0.564. The van der Waals surface area contributed by atoms with Crippen LogP contribution in [0.25, 0.3) is 10.8 Å². The smallest absolute Gasteiger partial charge is 0.278 e. The minimum Gasteiger partial charge on any atom is -0.278 e. The molecule has 2 aromatic rings. The molecule has 88 valence electrons. The predicted molar refractivity (Wildman–Crippen MR) is 63.6 cm³/mol. The summed E-state index contributed by atoms with van der Waals surface area (Å²) in [5, 5.41) is 11.5. The predicted octanol–water partition coefficient (Wildman–Crippen LogP) is 1.92. The first kappa shape index (κ1) is 9.79. The monoisotopic (exact) mass is 239 g/mol. The van der Waals surface area contributed by atoms with Gasteiger partial charge in [0, 0.05) is 5.39 Å². The van der Waals surface area contributed by atoms with Gasteiger partial charge in [-0.2, -0.15) is 0 Å². The third-order valence-corrected chi connectivity index (χ3v) is 3.84. The Balaban J connectivity index is 2.26. The number of aryl methyl sites for hydroxylation is 2. The van der Waals surface area contributed by atoms with Crippen molar-refractivity contribution in [3.05, 3.63) is 46.5 Å². The van der Waals surface area contributed by atoms with E-state index in [-0.39, 0.29) is 5.06 Å². The molecule has 4 heteroatoms. The van der Waals surface area contributed by atoms with E-state index in [0.717, 1.165) is 18.2 Å². The molecule has 2 aromatic carbocycles. The second-order valence-corrected chi connectivity index (χ2v) is 4.72. The molecule has 0 bridgehead atoms. The van der Waals surface area contributed by atoms with Gasteiger partial charge < -0.3 is 0 Å². The average Bonchev–Trinajstić information content (AvgIpc) is 2.81. The van der Waals surface area contributed by atoms with Crippen molar-refractivity contribution in [1.82, 2.24) is 5.06 Å². The van der Waals surface area contributed by atoms with Gasteiger partial charge in [0.1, 0.15) is 0 Å². The van der Waals surface area contributed by atoms with Crippen molar-refractivity contribution in [2.45, 2.75) is 12.8 Å². The molecule has 1 heterocycles. The summed E-state index contributed by atoms with van der Waals surface area (Å²) in [5.41, 5.74) is 3.18. The molecule has 0 fully saturated rings. The summed E-state index contributed by atoms with van der Waals surface area (Å²) in [6.07, 6.45) is 1.89. The highest BCUT2D eigenvalue weighted by molar-refractivity contribution is 6.25. The van der Waals surface area contributed by atoms with Crippen LogP contribution in [0, 0.1) is 0 Å². The van der Waals surface area contributed by atoms with E-state index >= 15 is 0 Å². The van der Waals surface area contributed by atoms with Crippen molar-refractivity contribution in [3.8, 4) is 0 Å². The number of hydroxylamine groups is 2. The minimum absolute atomic E-state index is 0.203. The van der Waals surface area contributed by atoms with Gasteiger partial charge in [0.05, 0.1) is 11.1 Å². The number of rotatable bonds is 0. The Bertz CT molecular complexity index is 690. The number of hydrogen-bond acceptors (Lipinski definition) is 3. The summed E-state index contributed by atoms with van der Waals surface area (Å²) >= 11 is 0. The zero-order valence-corrected chi connectivity index (χ0v) is 9.43. The Morgan fingerprint density at radius 2 is 1.33 bits per heavy atom. The van der Waals surface area contributed by atoms with Crippen LogP contribution in [0.5, 0.6) is 0 Å². The molecule has 0 atom stereocenters. The van der Waals surface area contributed by atoms with Crippen molar-refractivity contribution in [1.29, 1.82) is 0 Å². The lowest BCUT2D eigenvalue weighted by Gasteiger charge is -2.22. The normalized spacial score (nSPS) is 16.8. The van der Waals surface area contributed by atoms with E-state index in [9.17, 15) is 14.8 Å². The van der Waals surface area contributed by atoms with E-state index in [0.29, 0.717) is 16.5 Å². The summed E-state index contributed by atoms with van der Waals surface area (Å²) in [5.74, 6) is -1.27. The molecule has 0 saturated heterocycles. The fourth-order valence-corrected chi connectivity index (χ4v) is 3.01. The lowest BCUT2D eigenvalue weighted by atomic mass is 9.92. The highest BCUT2D eigenvalue weighted by Gasteiger charge is 2.34. The number of carbonyl (C=O) groups is 2. The van der Waals surface area contributed by atoms with Crippen LogP contribution in [0.3, 0.4) is 0 Å². The number of carbonyl (C=O) groups excluding carboxylic acids is 2. The van der Waals surface area contributed by atoms with E-state index in [1.165, 1.54) is 11.1 Å². The van der Waals surface area contributed by atoms with Gasteiger partial charge in [-0.05, 0) is 41.5 Å². The van der Waals surface area contributed by atoms with E-state index in [1.54, 1.807) is 12.1 Å². The molecule has 2 amide bonds. The molecule has 1 aliphatic carbocycles. The van der Waals surface area contributed by atoms with Gasteiger partial charge in [-0.15, -0.1) is 5.06 Å². The average molecular weight is 239 g/mol. The Morgan fingerprint density at radius 3 is 1.83 bits per heavy atom. The lowest BCUT2D eigenvalue weighted by Crippen LogP contribution is -2.37. The first-order valence-corrected chi connectivity index (χ1v) is 5.83. The van der Waals surface area contributed by atoms with Crippen LogP contribution >= 0.6 is 0 Å². The summed E-state index contributed by atoms with van der Waals surface area (Å²) in [7, 11) is 0. The Labute approximate surface area is 102 Å². The van der Waals surface area contributed by atoms with Gasteiger partial charge in [0.25, 0.3) is 11.8 Å². The molecular weight excluding hydrogens is 230 g/mol. The summed E-state index contributed by atoms with van der Waals surface area (Å²) < 4.78 is 0. The number of amides is 2. The van der Waals surface area contributed by atoms with Crippen molar-refractivity contribution >= 4 is 22.6 Å². The van der Waals surface area contributed by atoms with Crippen LogP contribution in [0.4, 0.5) is 0 Å². The second kappa shape index (κ2) is 2.97. The first-order chi connectivity index (χ1) is 8.68. The maximum absolute atomic E-state index is 11.9. The lowest BCUT2D eigenvalue weighted by molar-refractivity contribution is -0.0377. The summed E-state index contributed by atoms with van der Waals surface area (Å²) in [6.45, 7) is 0. The van der Waals surface area contributed by atoms with E-state index < -0.39 is 11.8 Å². The van der Waals surface area contributed by atoms with Crippen LogP contribution < -0.4 is 0 Å². The molecule has 2 aliphatic rings. The molecule has 0 saturated carbocycles. The number of hydrogen-bond donors (Lipinski definition) is 1. The molecule has 4 nitrogen and oxygen atoms in total. The zero-order valence-electron chi connectivity index (χ0n) is 9.43. The Morgan fingerprint density at radius 1 is 0.833 bits per heavy atom. The van der Waals surface area contributed by atoms with Gasteiger partial charge in [-0.1, -0.05) is 12.1 Å². The van der Waals surface area contributed by atoms with Gasteiger partial charge >= 0.3 is 0 Å². The number of nitrogens with zero attached hydrogens (tertiary/aromatic N) is 1. The van der Waals surface area contributed by atoms with Crippen LogP contribution in [0.2, 0.25) is 0 Å². The fourth-order valence-electron chi connectivity index (χ4n) is 3.01. The van der Waals surface area contributed by atoms with Gasteiger partial charge in [0.2, 0.25) is 0 Å². The summed E-state index contributed by atoms with van der Waals surface area (Å²) in [4.78, 5) is 23.8. The molecule has 4 rings (SSSR count). The molecule has 1 aliphatic heterocycles. The first-order valence-electron chi connectivity index (χ1n) is 5.83. The zero-order chi connectivity index (χ0) is 12.4. The van der Waals surface area contributed by atoms with Gasteiger partial charge in [0.15, 0.2) is 0 Å². The maximum Gasteiger partial charge on any atom is 0.285 e. The minimum atomic E-state index is -0.636. The largest absolute Gasteiger partial charge is 0.285 e. The van der Waals surface area contributed by atoms with Crippen LogP contribution in [0.1, 0.15) is 31.8 Å². The fraction of sp³-hybridized carbons (Fsp3) is 0.143. The highest BCUT2D eigenvalue weighted by atomic mass is 16.5. The molecule has 0 spiro atoms. The topological polar surface area (TPSA) is 57.6 Å². The number of benzene rings is 2. The third-order valence-electron chi connectivity index (χ3n) is 3.84. The Hall–Kier alpha value is -2.20. The molecule has 1 N–H and O–H groups in total. The van der Waals surface area contributed by atoms with Crippen molar-refractivity contribution in [2.75, 3.05) is 0 Å². The second-order valence-electron chi connectivity index (χ2n) is 4.72. The molecule has 0 radical (unpaired) electrons. The summed E-state index contributed by atoms with van der Waals surface area (Å²) in [6, 6.07) is 7.24. The number of imide groups is 1. The van der Waals surface area contributed by atoms with E-state index in [1.807, 2.05) is 12.1 Å². The van der Waals surface area contributed by atoms with E-state index in [4.69, 9.17) is 0 Å². The molecule has 18 heavy (non-hydrogen) atoms. The van der Waals surface area contributed by atoms with Crippen LogP contribution in [0.15, 0.2) is 24.3 Å². The highest BCUT2D eigenvalue weighted by Crippen LogP contribution is 2.37. The van der Waals surface area contributed by atoms with Crippen molar-refractivity contribution in [3.63, 3.8) is 0 Å². The van der Waals surface area contributed by atoms with E-state index in [2.05, 4.69) is 0 Å².